The third-order valence-corrected chi connectivity index (χ3v) is 4.08. The summed E-state index contributed by atoms with van der Waals surface area (Å²) in [5.74, 6) is 0.385. The first-order valence-electron chi connectivity index (χ1n) is 8.56. The van der Waals surface area contributed by atoms with Crippen LogP contribution in [0.25, 0.3) is 0 Å². The number of nitro groups is 1. The lowest BCUT2D eigenvalue weighted by molar-refractivity contribution is -0.419. The van der Waals surface area contributed by atoms with Gasteiger partial charge in [-0.15, -0.1) is 0 Å². The van der Waals surface area contributed by atoms with Crippen LogP contribution >= 0.6 is 0 Å². The van der Waals surface area contributed by atoms with Crippen LogP contribution in [0, 0.1) is 16.0 Å². The summed E-state index contributed by atoms with van der Waals surface area (Å²) in [6, 6.07) is 0. The van der Waals surface area contributed by atoms with Crippen molar-refractivity contribution < 1.29 is 10.1 Å². The quantitative estimate of drug-likeness (QED) is 0.322. The lowest BCUT2D eigenvalue weighted by Gasteiger charge is -2.22. The first-order valence-corrected chi connectivity index (χ1v) is 8.56. The Morgan fingerprint density at radius 1 is 1.42 bits per heavy atom. The van der Waals surface area contributed by atoms with Gasteiger partial charge in [0.25, 0.3) is 5.70 Å². The van der Waals surface area contributed by atoms with Crippen molar-refractivity contribution in [1.82, 2.24) is 5.06 Å². The lowest BCUT2D eigenvalue weighted by atomic mass is 9.86. The molecule has 0 aromatic rings. The van der Waals surface area contributed by atoms with Gasteiger partial charge in [-0.05, 0) is 36.8 Å². The van der Waals surface area contributed by atoms with E-state index in [1.165, 1.54) is 17.7 Å². The van der Waals surface area contributed by atoms with Crippen LogP contribution in [0.1, 0.15) is 53.4 Å². The molecule has 0 aliphatic heterocycles. The standard InChI is InChI=1S/C19H32N2O3/c1-7-10-12-15(4)18(9-3)19(14-20(6)22)16(5)13-17(11-8-2)21(23)24/h8,11,13,15,22H,2,7,9-10,12,14H2,1,3-6H3/b16-13+,17-11+,19-18-. The predicted molar refractivity (Wildman–Crippen MR) is 99.5 cm³/mol. The molecular formula is C19H32N2O3. The molecule has 0 bridgehead atoms. The molecule has 136 valence electrons. The summed E-state index contributed by atoms with van der Waals surface area (Å²) in [6.45, 7) is 12.2. The number of nitrogens with zero attached hydrogens (tertiary/aromatic N) is 2. The number of rotatable bonds is 11. The maximum absolute atomic E-state index is 11.2. The molecule has 0 aromatic carbocycles. The molecule has 0 saturated carbocycles. The Balaban J connectivity index is 5.95. The summed E-state index contributed by atoms with van der Waals surface area (Å²) < 4.78 is 0. The van der Waals surface area contributed by atoms with Gasteiger partial charge >= 0.3 is 0 Å². The first kappa shape index (κ1) is 22.3. The van der Waals surface area contributed by atoms with Gasteiger partial charge in [0.05, 0.1) is 4.92 Å². The van der Waals surface area contributed by atoms with Crippen molar-refractivity contribution in [2.45, 2.75) is 53.4 Å². The molecular weight excluding hydrogens is 304 g/mol. The second-order valence-corrected chi connectivity index (χ2v) is 6.13. The number of hydroxylamine groups is 2. The molecule has 0 rings (SSSR count). The summed E-state index contributed by atoms with van der Waals surface area (Å²) in [5, 5.41) is 22.0. The Kier molecular flexibility index (Phi) is 10.9. The highest BCUT2D eigenvalue weighted by atomic mass is 16.6. The van der Waals surface area contributed by atoms with Crippen LogP contribution in [-0.4, -0.2) is 28.8 Å². The lowest BCUT2D eigenvalue weighted by Crippen LogP contribution is -2.19. The van der Waals surface area contributed by atoms with Gasteiger partial charge < -0.3 is 5.21 Å². The van der Waals surface area contributed by atoms with Gasteiger partial charge in [-0.2, -0.15) is 5.06 Å². The van der Waals surface area contributed by atoms with E-state index in [2.05, 4.69) is 27.4 Å². The van der Waals surface area contributed by atoms with Gasteiger partial charge in [-0.3, -0.25) is 10.1 Å². The van der Waals surface area contributed by atoms with Gasteiger partial charge in [0.2, 0.25) is 0 Å². The van der Waals surface area contributed by atoms with E-state index in [4.69, 9.17) is 0 Å². The van der Waals surface area contributed by atoms with E-state index in [9.17, 15) is 15.3 Å². The van der Waals surface area contributed by atoms with E-state index < -0.39 is 4.92 Å². The van der Waals surface area contributed by atoms with Crippen LogP contribution in [-0.2, 0) is 0 Å². The zero-order chi connectivity index (χ0) is 18.7. The molecule has 0 aliphatic rings. The molecule has 0 saturated heterocycles. The van der Waals surface area contributed by atoms with Crippen LogP contribution in [0.15, 0.2) is 47.2 Å². The minimum atomic E-state index is -0.419. The molecule has 0 radical (unpaired) electrons. The first-order chi connectivity index (χ1) is 11.3. The Hall–Kier alpha value is -1.72. The van der Waals surface area contributed by atoms with Crippen LogP contribution in [0.3, 0.4) is 0 Å². The number of unbranched alkanes of at least 4 members (excludes halogenated alkanes) is 1. The fourth-order valence-corrected chi connectivity index (χ4v) is 2.84. The molecule has 0 aliphatic carbocycles. The highest BCUT2D eigenvalue weighted by molar-refractivity contribution is 5.39. The summed E-state index contributed by atoms with van der Waals surface area (Å²) in [7, 11) is 1.59. The molecule has 0 spiro atoms. The maximum atomic E-state index is 11.2. The van der Waals surface area contributed by atoms with E-state index in [0.29, 0.717) is 12.5 Å². The van der Waals surface area contributed by atoms with Gasteiger partial charge in [0.1, 0.15) is 0 Å². The van der Waals surface area contributed by atoms with Gasteiger partial charge in [-0.1, -0.05) is 51.8 Å². The second-order valence-electron chi connectivity index (χ2n) is 6.13. The molecule has 0 aromatic heterocycles. The molecule has 1 atom stereocenters. The van der Waals surface area contributed by atoms with E-state index >= 15 is 0 Å². The van der Waals surface area contributed by atoms with Crippen LogP contribution in [0.5, 0.6) is 0 Å². The van der Waals surface area contributed by atoms with Crippen molar-refractivity contribution in [3.05, 3.63) is 57.3 Å². The normalized spacial score (nSPS) is 15.3. The minimum absolute atomic E-state index is 0.00254. The average Bonchev–Trinajstić information content (AvgIpc) is 2.51. The number of hydrogen-bond donors (Lipinski definition) is 1. The highest BCUT2D eigenvalue weighted by Gasteiger charge is 2.17. The van der Waals surface area contributed by atoms with Gasteiger partial charge in [0.15, 0.2) is 0 Å². The predicted octanol–water partition coefficient (Wildman–Crippen LogP) is 5.13. The Morgan fingerprint density at radius 2 is 2.04 bits per heavy atom. The monoisotopic (exact) mass is 336 g/mol. The van der Waals surface area contributed by atoms with Crippen LogP contribution < -0.4 is 0 Å². The fourth-order valence-electron chi connectivity index (χ4n) is 2.84. The molecule has 24 heavy (non-hydrogen) atoms. The number of allylic oxidation sites excluding steroid dienone is 4. The topological polar surface area (TPSA) is 66.6 Å². The average molecular weight is 336 g/mol. The van der Waals surface area contributed by atoms with Crippen LogP contribution in [0.4, 0.5) is 0 Å². The Bertz CT molecular complexity index is 517. The minimum Gasteiger partial charge on any atom is -0.314 e. The smallest absolute Gasteiger partial charge is 0.269 e. The summed E-state index contributed by atoms with van der Waals surface area (Å²) in [6.07, 6.45) is 8.58. The molecule has 1 N–H and O–H groups in total. The summed E-state index contributed by atoms with van der Waals surface area (Å²) >= 11 is 0. The largest absolute Gasteiger partial charge is 0.314 e. The zero-order valence-electron chi connectivity index (χ0n) is 15.7. The van der Waals surface area contributed by atoms with Crippen molar-refractivity contribution in [3.8, 4) is 0 Å². The van der Waals surface area contributed by atoms with Crippen molar-refractivity contribution in [2.24, 2.45) is 5.92 Å². The van der Waals surface area contributed by atoms with E-state index in [0.717, 1.165) is 41.9 Å². The molecule has 5 nitrogen and oxygen atoms in total. The maximum Gasteiger partial charge on any atom is 0.269 e. The van der Waals surface area contributed by atoms with Crippen LogP contribution in [0.2, 0.25) is 0 Å². The van der Waals surface area contributed by atoms with Crippen molar-refractivity contribution in [2.75, 3.05) is 13.6 Å². The third-order valence-electron chi connectivity index (χ3n) is 4.08. The fraction of sp³-hybridized carbons (Fsp3) is 0.579. The van der Waals surface area contributed by atoms with E-state index in [1.807, 2.05) is 6.92 Å². The summed E-state index contributed by atoms with van der Waals surface area (Å²) in [5.41, 5.74) is 3.03. The van der Waals surface area contributed by atoms with Gasteiger partial charge in [-0.25, -0.2) is 0 Å². The summed E-state index contributed by atoms with van der Waals surface area (Å²) in [4.78, 5) is 10.7. The molecule has 1 unspecified atom stereocenters. The highest BCUT2D eigenvalue weighted by Crippen LogP contribution is 2.28. The SMILES string of the molecule is C=C\C=C(/C=C(C)/C(CN(C)O)=C(/CC)C(C)CCCC)[N+](=O)[O-]. The molecule has 5 heteroatoms. The Morgan fingerprint density at radius 3 is 2.46 bits per heavy atom. The van der Waals surface area contributed by atoms with E-state index in [-0.39, 0.29) is 5.70 Å². The number of likely N-dealkylation sites (N-methyl/N-ethyl adjacent to an activating group) is 1. The third kappa shape index (κ3) is 7.70. The Labute approximate surface area is 146 Å². The van der Waals surface area contributed by atoms with Crippen molar-refractivity contribution in [3.63, 3.8) is 0 Å². The van der Waals surface area contributed by atoms with Crippen molar-refractivity contribution >= 4 is 0 Å². The van der Waals surface area contributed by atoms with E-state index in [1.54, 1.807) is 13.1 Å². The second kappa shape index (κ2) is 11.8. The van der Waals surface area contributed by atoms with Crippen molar-refractivity contribution in [1.29, 1.82) is 0 Å². The zero-order valence-corrected chi connectivity index (χ0v) is 15.7. The number of hydrogen-bond acceptors (Lipinski definition) is 4. The molecule has 0 heterocycles. The molecule has 0 fully saturated rings. The molecule has 0 amide bonds. The van der Waals surface area contributed by atoms with Gasteiger partial charge in [0, 0.05) is 25.7 Å².